The third-order valence-electron chi connectivity index (χ3n) is 3.54. The second-order valence-electron chi connectivity index (χ2n) is 5.37. The molecule has 1 atom stereocenters. The quantitative estimate of drug-likeness (QED) is 0.770. The fourth-order valence-electron chi connectivity index (χ4n) is 2.32. The molecule has 2 rings (SSSR count). The molecule has 21 heavy (non-hydrogen) atoms. The molecule has 2 aromatic carbocycles. The summed E-state index contributed by atoms with van der Waals surface area (Å²) in [4.78, 5) is 0. The van der Waals surface area contributed by atoms with Gasteiger partial charge in [0.15, 0.2) is 0 Å². The number of nitrogens with one attached hydrogen (secondary N) is 1. The molecule has 0 spiro atoms. The van der Waals surface area contributed by atoms with Gasteiger partial charge in [-0.15, -0.1) is 0 Å². The fraction of sp³-hybridized carbons (Fsp3) is 0.368. The summed E-state index contributed by atoms with van der Waals surface area (Å²) in [7, 11) is 0. The average Bonchev–Trinajstić information content (AvgIpc) is 2.53. The minimum Gasteiger partial charge on any atom is -0.494 e. The SMILES string of the molecule is CCCNC(CCOc1ccccc1)c1ccc(C)cc1. The number of aryl methyl sites for hydroxylation is 1. The van der Waals surface area contributed by atoms with Gasteiger partial charge in [-0.2, -0.15) is 0 Å². The Morgan fingerprint density at radius 3 is 2.38 bits per heavy atom. The molecule has 0 saturated carbocycles. The first-order valence-electron chi connectivity index (χ1n) is 7.77. The molecule has 112 valence electrons. The molecule has 0 aliphatic carbocycles. The van der Waals surface area contributed by atoms with E-state index in [4.69, 9.17) is 4.74 Å². The van der Waals surface area contributed by atoms with E-state index in [9.17, 15) is 0 Å². The van der Waals surface area contributed by atoms with Gasteiger partial charge in [0.2, 0.25) is 0 Å². The van der Waals surface area contributed by atoms with Crippen LogP contribution in [0.2, 0.25) is 0 Å². The molecule has 2 aromatic rings. The Hall–Kier alpha value is -1.80. The van der Waals surface area contributed by atoms with Gasteiger partial charge in [0.1, 0.15) is 5.75 Å². The number of para-hydroxylation sites is 1. The zero-order valence-corrected chi connectivity index (χ0v) is 13.0. The summed E-state index contributed by atoms with van der Waals surface area (Å²) in [5.41, 5.74) is 2.64. The van der Waals surface area contributed by atoms with Crippen LogP contribution in [-0.4, -0.2) is 13.2 Å². The van der Waals surface area contributed by atoms with Crippen molar-refractivity contribution in [2.24, 2.45) is 0 Å². The molecule has 1 N–H and O–H groups in total. The van der Waals surface area contributed by atoms with Crippen molar-refractivity contribution in [1.82, 2.24) is 5.32 Å². The van der Waals surface area contributed by atoms with E-state index in [2.05, 4.69) is 43.4 Å². The lowest BCUT2D eigenvalue weighted by Gasteiger charge is -2.19. The Bertz CT molecular complexity index is 507. The molecule has 2 heteroatoms. The smallest absolute Gasteiger partial charge is 0.119 e. The van der Waals surface area contributed by atoms with Crippen molar-refractivity contribution in [1.29, 1.82) is 0 Å². The maximum Gasteiger partial charge on any atom is 0.119 e. The van der Waals surface area contributed by atoms with Crippen molar-refractivity contribution >= 4 is 0 Å². The lowest BCUT2D eigenvalue weighted by molar-refractivity contribution is 0.286. The van der Waals surface area contributed by atoms with Gasteiger partial charge < -0.3 is 10.1 Å². The van der Waals surface area contributed by atoms with Crippen LogP contribution in [0.1, 0.15) is 36.9 Å². The van der Waals surface area contributed by atoms with Crippen LogP contribution < -0.4 is 10.1 Å². The predicted octanol–water partition coefficient (Wildman–Crippen LogP) is 4.50. The first-order valence-corrected chi connectivity index (χ1v) is 7.77. The summed E-state index contributed by atoms with van der Waals surface area (Å²) in [6.07, 6.45) is 2.11. The minimum absolute atomic E-state index is 0.356. The number of hydrogen-bond donors (Lipinski definition) is 1. The van der Waals surface area contributed by atoms with E-state index in [1.807, 2.05) is 30.3 Å². The van der Waals surface area contributed by atoms with Gasteiger partial charge in [0, 0.05) is 12.5 Å². The van der Waals surface area contributed by atoms with Crippen molar-refractivity contribution in [2.75, 3.05) is 13.2 Å². The number of hydrogen-bond acceptors (Lipinski definition) is 2. The highest BCUT2D eigenvalue weighted by atomic mass is 16.5. The third-order valence-corrected chi connectivity index (χ3v) is 3.54. The molecular weight excluding hydrogens is 258 g/mol. The van der Waals surface area contributed by atoms with Crippen molar-refractivity contribution in [3.63, 3.8) is 0 Å². The van der Waals surface area contributed by atoms with E-state index < -0.39 is 0 Å². The highest BCUT2D eigenvalue weighted by Gasteiger charge is 2.10. The van der Waals surface area contributed by atoms with E-state index in [1.165, 1.54) is 11.1 Å². The summed E-state index contributed by atoms with van der Waals surface area (Å²) in [5, 5.41) is 3.61. The van der Waals surface area contributed by atoms with E-state index in [0.29, 0.717) is 6.04 Å². The number of rotatable bonds is 8. The monoisotopic (exact) mass is 283 g/mol. The maximum absolute atomic E-state index is 5.82. The van der Waals surface area contributed by atoms with Crippen LogP contribution >= 0.6 is 0 Å². The molecule has 0 aliphatic rings. The highest BCUT2D eigenvalue weighted by Crippen LogP contribution is 2.18. The second-order valence-corrected chi connectivity index (χ2v) is 5.37. The van der Waals surface area contributed by atoms with Gasteiger partial charge in [-0.1, -0.05) is 55.0 Å². The zero-order chi connectivity index (χ0) is 14.9. The Labute approximate surface area is 128 Å². The van der Waals surface area contributed by atoms with E-state index in [-0.39, 0.29) is 0 Å². The summed E-state index contributed by atoms with van der Waals surface area (Å²) in [6.45, 7) is 6.07. The highest BCUT2D eigenvalue weighted by molar-refractivity contribution is 5.24. The van der Waals surface area contributed by atoms with E-state index in [1.54, 1.807) is 0 Å². The third kappa shape index (κ3) is 5.24. The lowest BCUT2D eigenvalue weighted by Crippen LogP contribution is -2.24. The Morgan fingerprint density at radius 2 is 1.71 bits per heavy atom. The van der Waals surface area contributed by atoms with Crippen LogP contribution in [-0.2, 0) is 0 Å². The van der Waals surface area contributed by atoms with E-state index >= 15 is 0 Å². The Balaban J connectivity index is 1.91. The van der Waals surface area contributed by atoms with Crippen LogP contribution in [0.5, 0.6) is 5.75 Å². The van der Waals surface area contributed by atoms with Gasteiger partial charge in [-0.25, -0.2) is 0 Å². The maximum atomic E-state index is 5.82. The van der Waals surface area contributed by atoms with Crippen molar-refractivity contribution < 1.29 is 4.74 Å². The summed E-state index contributed by atoms with van der Waals surface area (Å²) in [6, 6.07) is 19.1. The molecule has 0 heterocycles. The topological polar surface area (TPSA) is 21.3 Å². The number of benzene rings is 2. The van der Waals surface area contributed by atoms with Gasteiger partial charge in [-0.3, -0.25) is 0 Å². The molecule has 0 amide bonds. The Morgan fingerprint density at radius 1 is 1.00 bits per heavy atom. The molecular formula is C19H25NO. The van der Waals surface area contributed by atoms with Crippen LogP contribution in [0.3, 0.4) is 0 Å². The fourth-order valence-corrected chi connectivity index (χ4v) is 2.32. The van der Waals surface area contributed by atoms with Crippen LogP contribution in [0, 0.1) is 6.92 Å². The van der Waals surface area contributed by atoms with Crippen molar-refractivity contribution in [2.45, 2.75) is 32.7 Å². The predicted molar refractivity (Wildman–Crippen MR) is 88.8 cm³/mol. The first-order chi connectivity index (χ1) is 10.3. The van der Waals surface area contributed by atoms with Gasteiger partial charge in [-0.05, 0) is 37.6 Å². The lowest BCUT2D eigenvalue weighted by atomic mass is 10.0. The van der Waals surface area contributed by atoms with Gasteiger partial charge in [0.05, 0.1) is 6.61 Å². The van der Waals surface area contributed by atoms with Crippen LogP contribution in [0.25, 0.3) is 0 Å². The molecule has 2 nitrogen and oxygen atoms in total. The molecule has 0 aliphatic heterocycles. The second kappa shape index (κ2) is 8.48. The Kier molecular flexibility index (Phi) is 6.29. The summed E-state index contributed by atoms with van der Waals surface area (Å²) >= 11 is 0. The molecule has 0 fully saturated rings. The number of ether oxygens (including phenoxy) is 1. The van der Waals surface area contributed by atoms with Crippen LogP contribution in [0.15, 0.2) is 54.6 Å². The average molecular weight is 283 g/mol. The van der Waals surface area contributed by atoms with Crippen molar-refractivity contribution in [3.8, 4) is 5.75 Å². The molecule has 0 bridgehead atoms. The summed E-state index contributed by atoms with van der Waals surface area (Å²) in [5.74, 6) is 0.940. The zero-order valence-electron chi connectivity index (χ0n) is 13.0. The molecule has 0 saturated heterocycles. The first kappa shape index (κ1) is 15.6. The normalized spacial score (nSPS) is 12.1. The van der Waals surface area contributed by atoms with Crippen LogP contribution in [0.4, 0.5) is 0 Å². The molecule has 0 aromatic heterocycles. The van der Waals surface area contributed by atoms with Crippen molar-refractivity contribution in [3.05, 3.63) is 65.7 Å². The largest absolute Gasteiger partial charge is 0.494 e. The summed E-state index contributed by atoms with van der Waals surface area (Å²) < 4.78 is 5.82. The van der Waals surface area contributed by atoms with E-state index in [0.717, 1.165) is 31.7 Å². The standard InChI is InChI=1S/C19H25NO/c1-3-14-20-19(17-11-9-16(2)10-12-17)13-15-21-18-7-5-4-6-8-18/h4-12,19-20H,3,13-15H2,1-2H3. The molecule has 1 unspecified atom stereocenters. The minimum atomic E-state index is 0.356. The van der Waals surface area contributed by atoms with Gasteiger partial charge in [0.25, 0.3) is 0 Å². The molecule has 0 radical (unpaired) electrons. The van der Waals surface area contributed by atoms with Gasteiger partial charge >= 0.3 is 0 Å².